The van der Waals surface area contributed by atoms with E-state index >= 15 is 0 Å². The normalized spacial score (nSPS) is 19.7. The number of sulfonamides is 1. The lowest BCUT2D eigenvalue weighted by atomic mass is 9.94. The SMILES string of the molecule is Cc1c(C(=O)NC2(C(=O)N(C3CCCNCC3=O)S(=O)(=O)c3ccccn3)CCCC2)oc2ccccc12. The van der Waals surface area contributed by atoms with E-state index in [1.807, 2.05) is 12.1 Å². The third-order valence-electron chi connectivity index (χ3n) is 7.42. The molecule has 2 aliphatic rings. The van der Waals surface area contributed by atoms with Crippen LogP contribution in [0, 0.1) is 6.92 Å². The molecular formula is C27H30N4O6S. The molecule has 0 bridgehead atoms. The van der Waals surface area contributed by atoms with Crippen LogP contribution in [0.15, 0.2) is 58.1 Å². The molecule has 1 saturated carbocycles. The number of furan rings is 1. The van der Waals surface area contributed by atoms with Gasteiger partial charge in [-0.1, -0.05) is 37.1 Å². The Morgan fingerprint density at radius 1 is 1.11 bits per heavy atom. The molecule has 2 N–H and O–H groups in total. The van der Waals surface area contributed by atoms with Gasteiger partial charge < -0.3 is 15.1 Å². The van der Waals surface area contributed by atoms with Gasteiger partial charge in [0.1, 0.15) is 17.2 Å². The number of ketones is 1. The number of Topliss-reactive ketones (excluding diaryl/α,β-unsaturated/α-hetero) is 1. The summed E-state index contributed by atoms with van der Waals surface area (Å²) in [6.45, 7) is 2.24. The molecular weight excluding hydrogens is 508 g/mol. The number of carbonyl (C=O) groups is 3. The predicted octanol–water partition coefficient (Wildman–Crippen LogP) is 2.72. The summed E-state index contributed by atoms with van der Waals surface area (Å²) in [5.41, 5.74) is -0.343. The van der Waals surface area contributed by atoms with E-state index < -0.39 is 39.2 Å². The number of rotatable bonds is 6. The molecule has 1 saturated heterocycles. The van der Waals surface area contributed by atoms with Gasteiger partial charge in [-0.2, -0.15) is 8.42 Å². The molecule has 1 unspecified atom stereocenters. The van der Waals surface area contributed by atoms with Gasteiger partial charge in [-0.05, 0) is 57.4 Å². The molecule has 38 heavy (non-hydrogen) atoms. The molecule has 11 heteroatoms. The van der Waals surface area contributed by atoms with Crippen LogP contribution in [0.5, 0.6) is 0 Å². The number of pyridine rings is 1. The molecule has 3 aromatic rings. The Bertz CT molecular complexity index is 1480. The van der Waals surface area contributed by atoms with Crippen LogP contribution in [-0.4, -0.2) is 60.0 Å². The maximum absolute atomic E-state index is 14.4. The van der Waals surface area contributed by atoms with E-state index in [4.69, 9.17) is 4.42 Å². The largest absolute Gasteiger partial charge is 0.451 e. The van der Waals surface area contributed by atoms with Gasteiger partial charge in [0, 0.05) is 17.1 Å². The lowest BCUT2D eigenvalue weighted by Crippen LogP contribution is -2.62. The van der Waals surface area contributed by atoms with Crippen LogP contribution in [0.2, 0.25) is 0 Å². The van der Waals surface area contributed by atoms with Gasteiger partial charge in [0.05, 0.1) is 6.54 Å². The number of aromatic nitrogens is 1. The summed E-state index contributed by atoms with van der Waals surface area (Å²) in [4.78, 5) is 45.0. The Kier molecular flexibility index (Phi) is 7.06. The summed E-state index contributed by atoms with van der Waals surface area (Å²) in [6.07, 6.45) is 3.72. The Hall–Kier alpha value is -3.57. The zero-order valence-electron chi connectivity index (χ0n) is 21.1. The van der Waals surface area contributed by atoms with Gasteiger partial charge in [0.2, 0.25) is 0 Å². The first-order chi connectivity index (χ1) is 18.2. The van der Waals surface area contributed by atoms with Crippen LogP contribution in [0.3, 0.4) is 0 Å². The number of para-hydroxylation sites is 1. The molecule has 1 aliphatic carbocycles. The first-order valence-corrected chi connectivity index (χ1v) is 14.2. The molecule has 0 radical (unpaired) electrons. The summed E-state index contributed by atoms with van der Waals surface area (Å²) in [7, 11) is -4.50. The number of nitrogens with one attached hydrogen (secondary N) is 2. The highest BCUT2D eigenvalue weighted by Crippen LogP contribution is 2.36. The van der Waals surface area contributed by atoms with Gasteiger partial charge >= 0.3 is 0 Å². The topological polar surface area (TPSA) is 139 Å². The van der Waals surface area contributed by atoms with Crippen LogP contribution >= 0.6 is 0 Å². The highest BCUT2D eigenvalue weighted by Gasteiger charge is 2.52. The van der Waals surface area contributed by atoms with Crippen LogP contribution in [0.25, 0.3) is 11.0 Å². The lowest BCUT2D eigenvalue weighted by molar-refractivity contribution is -0.138. The van der Waals surface area contributed by atoms with Crippen molar-refractivity contribution in [2.45, 2.75) is 62.1 Å². The summed E-state index contributed by atoms with van der Waals surface area (Å²) in [5.74, 6) is -1.75. The van der Waals surface area contributed by atoms with Gasteiger partial charge in [-0.15, -0.1) is 0 Å². The predicted molar refractivity (Wildman–Crippen MR) is 139 cm³/mol. The minimum Gasteiger partial charge on any atom is -0.451 e. The standard InChI is InChI=1S/C27H30N4O6S/c1-18-19-9-2-3-11-22(19)37-24(18)25(33)30-27(13-5-6-14-27)26(34)31(20-10-8-15-28-17-21(20)32)38(35,36)23-12-4-7-16-29-23/h2-4,7,9,11-12,16,20,28H,5-6,8,10,13-15,17H2,1H3,(H,30,33). The van der Waals surface area contributed by atoms with Gasteiger partial charge in [-0.25, -0.2) is 9.29 Å². The van der Waals surface area contributed by atoms with E-state index in [-0.39, 0.29) is 36.6 Å². The molecule has 2 amide bonds. The van der Waals surface area contributed by atoms with Gasteiger partial charge in [0.25, 0.3) is 21.8 Å². The average molecular weight is 539 g/mol. The second kappa shape index (κ2) is 10.3. The van der Waals surface area contributed by atoms with Crippen molar-refractivity contribution in [3.05, 3.63) is 60.0 Å². The van der Waals surface area contributed by atoms with Crippen LogP contribution < -0.4 is 10.6 Å². The number of hydrogen-bond donors (Lipinski definition) is 2. The Labute approximate surface area is 220 Å². The smallest absolute Gasteiger partial charge is 0.288 e. The molecule has 10 nitrogen and oxygen atoms in total. The fourth-order valence-corrected chi connectivity index (χ4v) is 7.02. The zero-order valence-corrected chi connectivity index (χ0v) is 21.9. The van der Waals surface area contributed by atoms with Crippen molar-refractivity contribution in [1.82, 2.24) is 19.9 Å². The Balaban J connectivity index is 1.56. The number of aryl methyl sites for hydroxylation is 1. The fraction of sp³-hybridized carbons (Fsp3) is 0.407. The van der Waals surface area contributed by atoms with Crippen molar-refractivity contribution in [3.8, 4) is 0 Å². The number of amides is 2. The van der Waals surface area contributed by atoms with E-state index in [9.17, 15) is 22.8 Å². The second-order valence-electron chi connectivity index (χ2n) is 9.87. The maximum Gasteiger partial charge on any atom is 0.288 e. The van der Waals surface area contributed by atoms with Crippen LogP contribution in [0.4, 0.5) is 0 Å². The van der Waals surface area contributed by atoms with E-state index in [1.165, 1.54) is 18.3 Å². The Morgan fingerprint density at radius 3 is 2.55 bits per heavy atom. The van der Waals surface area contributed by atoms with Crippen molar-refractivity contribution in [2.75, 3.05) is 13.1 Å². The van der Waals surface area contributed by atoms with Crippen molar-refractivity contribution >= 4 is 38.6 Å². The molecule has 2 aromatic heterocycles. The van der Waals surface area contributed by atoms with Crippen molar-refractivity contribution < 1.29 is 27.2 Å². The molecule has 1 atom stereocenters. The Morgan fingerprint density at radius 2 is 1.84 bits per heavy atom. The molecule has 2 fully saturated rings. The minimum absolute atomic E-state index is 0.0519. The number of hydrogen-bond acceptors (Lipinski definition) is 8. The van der Waals surface area contributed by atoms with Crippen molar-refractivity contribution in [3.63, 3.8) is 0 Å². The highest BCUT2D eigenvalue weighted by atomic mass is 32.2. The maximum atomic E-state index is 14.4. The fourth-order valence-electron chi connectivity index (χ4n) is 5.42. The third kappa shape index (κ3) is 4.60. The summed E-state index contributed by atoms with van der Waals surface area (Å²) < 4.78 is 34.3. The number of benzene rings is 1. The minimum atomic E-state index is -4.50. The third-order valence-corrected chi connectivity index (χ3v) is 9.12. The van der Waals surface area contributed by atoms with Gasteiger partial charge in [-0.3, -0.25) is 14.4 Å². The van der Waals surface area contributed by atoms with Crippen molar-refractivity contribution in [2.24, 2.45) is 0 Å². The zero-order chi connectivity index (χ0) is 26.9. The summed E-state index contributed by atoms with van der Waals surface area (Å²) in [5, 5.41) is 6.28. The number of fused-ring (bicyclic) bond motifs is 1. The van der Waals surface area contributed by atoms with E-state index in [2.05, 4.69) is 15.6 Å². The molecule has 200 valence electrons. The van der Waals surface area contributed by atoms with Gasteiger partial charge in [0.15, 0.2) is 16.6 Å². The molecule has 3 heterocycles. The summed E-state index contributed by atoms with van der Waals surface area (Å²) in [6, 6.07) is 10.4. The molecule has 1 aliphatic heterocycles. The lowest BCUT2D eigenvalue weighted by Gasteiger charge is -2.37. The van der Waals surface area contributed by atoms with E-state index in [0.29, 0.717) is 41.3 Å². The summed E-state index contributed by atoms with van der Waals surface area (Å²) >= 11 is 0. The monoisotopic (exact) mass is 538 g/mol. The van der Waals surface area contributed by atoms with E-state index in [1.54, 1.807) is 25.1 Å². The van der Waals surface area contributed by atoms with E-state index in [0.717, 1.165) is 5.39 Å². The van der Waals surface area contributed by atoms with Crippen LogP contribution in [-0.2, 0) is 19.6 Å². The number of nitrogens with zero attached hydrogens (tertiary/aromatic N) is 2. The molecule has 5 rings (SSSR count). The first kappa shape index (κ1) is 26.1. The van der Waals surface area contributed by atoms with Crippen molar-refractivity contribution in [1.29, 1.82) is 0 Å². The quantitative estimate of drug-likeness (QED) is 0.489. The second-order valence-corrected chi connectivity index (χ2v) is 11.6. The highest BCUT2D eigenvalue weighted by molar-refractivity contribution is 7.89. The molecule has 0 spiro atoms. The average Bonchev–Trinajstić information content (AvgIpc) is 3.46. The number of carbonyl (C=O) groups excluding carboxylic acids is 3. The first-order valence-electron chi connectivity index (χ1n) is 12.8. The molecule has 1 aromatic carbocycles. The van der Waals surface area contributed by atoms with Crippen LogP contribution in [0.1, 0.15) is 54.6 Å².